The van der Waals surface area contributed by atoms with Gasteiger partial charge >= 0.3 is 0 Å². The van der Waals surface area contributed by atoms with E-state index in [-0.39, 0.29) is 5.91 Å². The maximum absolute atomic E-state index is 13.3. The molecule has 6 heteroatoms. The molecule has 5 nitrogen and oxygen atoms in total. The molecule has 1 amide bonds. The smallest absolute Gasteiger partial charge is 0.258 e. The molecule has 1 aliphatic rings. The van der Waals surface area contributed by atoms with Gasteiger partial charge in [0.1, 0.15) is 5.75 Å². The first-order valence-corrected chi connectivity index (χ1v) is 9.38. The van der Waals surface area contributed by atoms with Gasteiger partial charge in [0.2, 0.25) is 0 Å². The number of benzene rings is 2. The van der Waals surface area contributed by atoms with E-state index in [1.165, 1.54) is 0 Å². The van der Waals surface area contributed by atoms with Gasteiger partial charge in [-0.1, -0.05) is 12.1 Å². The van der Waals surface area contributed by atoms with Crippen molar-refractivity contribution < 1.29 is 19.0 Å². The zero-order valence-corrected chi connectivity index (χ0v) is 16.8. The highest BCUT2D eigenvalue weighted by Crippen LogP contribution is 2.40. The number of carbonyl (C=O) groups excluding carboxylic acids is 1. The first-order valence-electron chi connectivity index (χ1n) is 8.58. The van der Waals surface area contributed by atoms with Crippen molar-refractivity contribution in [3.8, 4) is 17.2 Å². The monoisotopic (exact) mass is 419 g/mol. The first kappa shape index (κ1) is 18.6. The number of aryl methyl sites for hydroxylation is 1. The molecular formula is C20H22BrNO4. The second-order valence-corrected chi connectivity index (χ2v) is 6.81. The summed E-state index contributed by atoms with van der Waals surface area (Å²) in [6.45, 7) is 3.07. The van der Waals surface area contributed by atoms with Gasteiger partial charge in [-0.15, -0.1) is 0 Å². The SMILES string of the molecule is CCOc1c(Br)cc(C(=O)N2CCCc3cccc(OC)c32)cc1OC. The van der Waals surface area contributed by atoms with Gasteiger partial charge in [-0.3, -0.25) is 4.79 Å². The Morgan fingerprint density at radius 3 is 2.65 bits per heavy atom. The molecule has 0 bridgehead atoms. The molecule has 0 fully saturated rings. The van der Waals surface area contributed by atoms with Crippen LogP contribution >= 0.6 is 15.9 Å². The lowest BCUT2D eigenvalue weighted by Crippen LogP contribution is -2.35. The number of amides is 1. The maximum Gasteiger partial charge on any atom is 0.258 e. The van der Waals surface area contributed by atoms with E-state index in [2.05, 4.69) is 15.9 Å². The molecule has 2 aromatic carbocycles. The number of methoxy groups -OCH3 is 2. The average Bonchev–Trinajstić information content (AvgIpc) is 2.67. The van der Waals surface area contributed by atoms with Crippen molar-refractivity contribution in [3.63, 3.8) is 0 Å². The summed E-state index contributed by atoms with van der Waals surface area (Å²) >= 11 is 3.49. The molecule has 0 unspecified atom stereocenters. The molecule has 0 spiro atoms. The lowest BCUT2D eigenvalue weighted by atomic mass is 10.00. The van der Waals surface area contributed by atoms with Gasteiger partial charge in [-0.2, -0.15) is 0 Å². The van der Waals surface area contributed by atoms with Crippen molar-refractivity contribution in [1.82, 2.24) is 0 Å². The Morgan fingerprint density at radius 1 is 1.19 bits per heavy atom. The number of para-hydroxylation sites is 1. The summed E-state index contributed by atoms with van der Waals surface area (Å²) in [4.78, 5) is 15.1. The molecule has 0 saturated carbocycles. The van der Waals surface area contributed by atoms with Gasteiger partial charge in [-0.25, -0.2) is 0 Å². The van der Waals surface area contributed by atoms with Gasteiger partial charge in [0.15, 0.2) is 11.5 Å². The number of halogens is 1. The number of anilines is 1. The Kier molecular flexibility index (Phi) is 5.71. The third kappa shape index (κ3) is 3.38. The zero-order valence-electron chi connectivity index (χ0n) is 15.2. The van der Waals surface area contributed by atoms with Gasteiger partial charge < -0.3 is 19.1 Å². The summed E-state index contributed by atoms with van der Waals surface area (Å²) in [5.74, 6) is 1.76. The van der Waals surface area contributed by atoms with E-state index >= 15 is 0 Å². The van der Waals surface area contributed by atoms with Crippen LogP contribution in [0.4, 0.5) is 5.69 Å². The fourth-order valence-electron chi connectivity index (χ4n) is 3.27. The highest BCUT2D eigenvalue weighted by molar-refractivity contribution is 9.10. The van der Waals surface area contributed by atoms with Crippen molar-refractivity contribution in [2.45, 2.75) is 19.8 Å². The van der Waals surface area contributed by atoms with Crippen molar-refractivity contribution >= 4 is 27.5 Å². The van der Waals surface area contributed by atoms with E-state index in [1.807, 2.05) is 25.1 Å². The minimum absolute atomic E-state index is 0.0856. The quantitative estimate of drug-likeness (QED) is 0.717. The van der Waals surface area contributed by atoms with Crippen LogP contribution in [0.1, 0.15) is 29.3 Å². The molecule has 0 aliphatic carbocycles. The zero-order chi connectivity index (χ0) is 18.7. The molecule has 0 saturated heterocycles. The summed E-state index contributed by atoms with van der Waals surface area (Å²) in [6, 6.07) is 9.40. The molecule has 138 valence electrons. The first-order chi connectivity index (χ1) is 12.6. The standard InChI is InChI=1S/C20H22BrNO4/c1-4-26-19-15(21)11-14(12-17(19)25-3)20(23)22-10-6-8-13-7-5-9-16(24-2)18(13)22/h5,7,9,11-12H,4,6,8,10H2,1-3H3. The van der Waals surface area contributed by atoms with Gasteiger partial charge in [0.05, 0.1) is 31.0 Å². The Balaban J connectivity index is 2.03. The highest BCUT2D eigenvalue weighted by atomic mass is 79.9. The average molecular weight is 420 g/mol. The van der Waals surface area contributed by atoms with Crippen LogP contribution < -0.4 is 19.1 Å². The van der Waals surface area contributed by atoms with Crippen LogP contribution in [0.15, 0.2) is 34.8 Å². The van der Waals surface area contributed by atoms with Gasteiger partial charge in [-0.05, 0) is 59.5 Å². The summed E-state index contributed by atoms with van der Waals surface area (Å²) in [6.07, 6.45) is 1.86. The summed E-state index contributed by atoms with van der Waals surface area (Å²) in [5.41, 5.74) is 2.52. The fourth-order valence-corrected chi connectivity index (χ4v) is 3.82. The minimum Gasteiger partial charge on any atom is -0.495 e. The number of fused-ring (bicyclic) bond motifs is 1. The number of rotatable bonds is 5. The molecule has 0 atom stereocenters. The van der Waals surface area contributed by atoms with E-state index in [0.717, 1.165) is 24.1 Å². The Hall–Kier alpha value is -2.21. The van der Waals surface area contributed by atoms with Crippen LogP contribution in [0, 0.1) is 0 Å². The maximum atomic E-state index is 13.3. The number of ether oxygens (including phenoxy) is 3. The van der Waals surface area contributed by atoms with E-state index in [9.17, 15) is 4.79 Å². The van der Waals surface area contributed by atoms with E-state index in [4.69, 9.17) is 14.2 Å². The molecule has 0 aromatic heterocycles. The molecule has 3 rings (SSSR count). The minimum atomic E-state index is -0.0856. The second kappa shape index (κ2) is 7.99. The van der Waals surface area contributed by atoms with Crippen LogP contribution in [0.5, 0.6) is 17.2 Å². The molecule has 1 aliphatic heterocycles. The van der Waals surface area contributed by atoms with Crippen LogP contribution in [-0.4, -0.2) is 33.3 Å². The van der Waals surface area contributed by atoms with Crippen LogP contribution in [-0.2, 0) is 6.42 Å². The molecule has 0 radical (unpaired) electrons. The summed E-state index contributed by atoms with van der Waals surface area (Å²) < 4.78 is 17.2. The Morgan fingerprint density at radius 2 is 1.96 bits per heavy atom. The van der Waals surface area contributed by atoms with Gasteiger partial charge in [0.25, 0.3) is 5.91 Å². The van der Waals surface area contributed by atoms with Crippen LogP contribution in [0.25, 0.3) is 0 Å². The molecule has 0 N–H and O–H groups in total. The lowest BCUT2D eigenvalue weighted by Gasteiger charge is -2.31. The summed E-state index contributed by atoms with van der Waals surface area (Å²) in [7, 11) is 3.20. The van der Waals surface area contributed by atoms with Crippen molar-refractivity contribution in [2.75, 3.05) is 32.3 Å². The number of nitrogens with zero attached hydrogens (tertiary/aromatic N) is 1. The number of carbonyl (C=O) groups is 1. The molecular weight excluding hydrogens is 398 g/mol. The van der Waals surface area contributed by atoms with Crippen molar-refractivity contribution in [1.29, 1.82) is 0 Å². The third-order valence-electron chi connectivity index (χ3n) is 4.41. The van der Waals surface area contributed by atoms with Crippen LogP contribution in [0.2, 0.25) is 0 Å². The summed E-state index contributed by atoms with van der Waals surface area (Å²) in [5, 5.41) is 0. The largest absolute Gasteiger partial charge is 0.495 e. The number of hydrogen-bond donors (Lipinski definition) is 0. The highest BCUT2D eigenvalue weighted by Gasteiger charge is 2.28. The van der Waals surface area contributed by atoms with E-state index in [1.54, 1.807) is 31.3 Å². The Labute approximate surface area is 162 Å². The second-order valence-electron chi connectivity index (χ2n) is 5.95. The fraction of sp³-hybridized carbons (Fsp3) is 0.350. The number of hydrogen-bond acceptors (Lipinski definition) is 4. The molecule has 26 heavy (non-hydrogen) atoms. The van der Waals surface area contributed by atoms with E-state index in [0.29, 0.717) is 40.4 Å². The van der Waals surface area contributed by atoms with Crippen LogP contribution in [0.3, 0.4) is 0 Å². The van der Waals surface area contributed by atoms with Gasteiger partial charge in [0, 0.05) is 12.1 Å². The van der Waals surface area contributed by atoms with E-state index < -0.39 is 0 Å². The third-order valence-corrected chi connectivity index (χ3v) is 5.00. The normalized spacial score (nSPS) is 13.2. The predicted octanol–water partition coefficient (Wildman–Crippen LogP) is 4.46. The topological polar surface area (TPSA) is 48.0 Å². The predicted molar refractivity (Wildman–Crippen MR) is 105 cm³/mol. The van der Waals surface area contributed by atoms with Crippen molar-refractivity contribution in [3.05, 3.63) is 45.9 Å². The van der Waals surface area contributed by atoms with Crippen molar-refractivity contribution in [2.24, 2.45) is 0 Å². The lowest BCUT2D eigenvalue weighted by molar-refractivity contribution is 0.0984. The molecule has 1 heterocycles. The molecule has 2 aromatic rings. The Bertz CT molecular complexity index is 807.